The fourth-order valence-corrected chi connectivity index (χ4v) is 0.703. The van der Waals surface area contributed by atoms with Gasteiger partial charge in [-0.2, -0.15) is 0 Å². The van der Waals surface area contributed by atoms with E-state index in [0.29, 0.717) is 6.42 Å². The molecule has 4 nitrogen and oxygen atoms in total. The Bertz CT molecular complexity index is 127. The Morgan fingerprint density at radius 1 is 1.36 bits per heavy atom. The zero-order valence-corrected chi connectivity index (χ0v) is 9.42. The molecule has 0 radical (unpaired) electrons. The number of carbonyl (C=O) groups is 1. The number of carboxylic acid groups (broad SMARTS) is 1. The van der Waals surface area contributed by atoms with Crippen LogP contribution in [0.25, 0.3) is 0 Å². The minimum Gasteiger partial charge on any atom is -0.481 e. The average Bonchev–Trinajstić information content (AvgIpc) is 2.13. The first-order chi connectivity index (χ1) is 6.54. The minimum atomic E-state index is -0.675. The van der Waals surface area contributed by atoms with Gasteiger partial charge >= 0.3 is 5.97 Å². The van der Waals surface area contributed by atoms with E-state index in [1.807, 2.05) is 0 Å². The first-order valence-corrected chi connectivity index (χ1v) is 5.11. The Morgan fingerprint density at radius 3 is 2.14 bits per heavy atom. The summed E-state index contributed by atoms with van der Waals surface area (Å²) < 4.78 is 0. The van der Waals surface area contributed by atoms with Gasteiger partial charge in [0.1, 0.15) is 6.23 Å². The van der Waals surface area contributed by atoms with Gasteiger partial charge in [0.15, 0.2) is 0 Å². The molecule has 0 heterocycles. The summed E-state index contributed by atoms with van der Waals surface area (Å²) >= 11 is 0. The molecule has 0 amide bonds. The Kier molecular flexibility index (Phi) is 14.0. The van der Waals surface area contributed by atoms with Crippen LogP contribution in [-0.4, -0.2) is 29.5 Å². The molecule has 0 aromatic heterocycles. The van der Waals surface area contributed by atoms with Crippen molar-refractivity contribution >= 4 is 5.97 Å². The zero-order valence-electron chi connectivity index (χ0n) is 9.42. The highest BCUT2D eigenvalue weighted by atomic mass is 16.4. The van der Waals surface area contributed by atoms with Gasteiger partial charge in [0.05, 0.1) is 0 Å². The van der Waals surface area contributed by atoms with E-state index >= 15 is 0 Å². The lowest BCUT2D eigenvalue weighted by Gasteiger charge is -1.94. The third kappa shape index (κ3) is 22.5. The Hall–Kier alpha value is -0.610. The molecule has 0 aliphatic heterocycles. The van der Waals surface area contributed by atoms with Gasteiger partial charge in [-0.3, -0.25) is 10.1 Å². The number of carboxylic acids is 1. The summed E-state index contributed by atoms with van der Waals surface area (Å²) in [5.74, 6) is -0.675. The maximum Gasteiger partial charge on any atom is 0.303 e. The van der Waals surface area contributed by atoms with E-state index in [4.69, 9.17) is 10.2 Å². The molecule has 0 aromatic carbocycles. The monoisotopic (exact) mass is 205 g/mol. The summed E-state index contributed by atoms with van der Waals surface area (Å²) in [6.45, 7) is 3.78. The van der Waals surface area contributed by atoms with Crippen LogP contribution in [0.15, 0.2) is 0 Å². The summed E-state index contributed by atoms with van der Waals surface area (Å²) in [6.07, 6.45) is 4.19. The summed E-state index contributed by atoms with van der Waals surface area (Å²) in [5, 5.41) is 19.0. The van der Waals surface area contributed by atoms with E-state index in [2.05, 4.69) is 12.2 Å². The highest BCUT2D eigenvalue weighted by Crippen LogP contribution is 2.01. The van der Waals surface area contributed by atoms with Gasteiger partial charge < -0.3 is 10.2 Å². The van der Waals surface area contributed by atoms with Gasteiger partial charge in [-0.1, -0.05) is 26.2 Å². The number of unbranched alkanes of at least 4 members (excludes halogenated alkanes) is 3. The predicted molar refractivity (Wildman–Crippen MR) is 57.1 cm³/mol. The van der Waals surface area contributed by atoms with Crippen molar-refractivity contribution in [3.05, 3.63) is 0 Å². The fourth-order valence-electron chi connectivity index (χ4n) is 0.703. The van der Waals surface area contributed by atoms with Crippen LogP contribution in [0.4, 0.5) is 0 Å². The molecule has 0 aliphatic rings. The third-order valence-electron chi connectivity index (χ3n) is 1.66. The lowest BCUT2D eigenvalue weighted by molar-refractivity contribution is -0.137. The number of nitrogens with one attached hydrogen (secondary N) is 1. The van der Waals surface area contributed by atoms with Gasteiger partial charge in [-0.25, -0.2) is 0 Å². The van der Waals surface area contributed by atoms with Crippen LogP contribution >= 0.6 is 0 Å². The Labute approximate surface area is 86.3 Å². The quantitative estimate of drug-likeness (QED) is 0.455. The number of rotatable bonds is 6. The summed E-state index contributed by atoms with van der Waals surface area (Å²) in [6, 6.07) is 0. The van der Waals surface area contributed by atoms with Crippen molar-refractivity contribution in [1.29, 1.82) is 0 Å². The molecule has 0 rings (SSSR count). The molecule has 0 saturated carbocycles. The molecule has 0 bridgehead atoms. The summed E-state index contributed by atoms with van der Waals surface area (Å²) in [7, 11) is 1.70. The largest absolute Gasteiger partial charge is 0.481 e. The van der Waals surface area contributed by atoms with Gasteiger partial charge in [0, 0.05) is 6.42 Å². The van der Waals surface area contributed by atoms with Crippen molar-refractivity contribution in [3.63, 3.8) is 0 Å². The molecule has 14 heavy (non-hydrogen) atoms. The first-order valence-electron chi connectivity index (χ1n) is 5.11. The summed E-state index contributed by atoms with van der Waals surface area (Å²) in [4.78, 5) is 9.96. The SMILES string of the molecule is CCCCCCC(=O)O.CNC(C)O. The number of hydrogen-bond acceptors (Lipinski definition) is 3. The van der Waals surface area contributed by atoms with Gasteiger partial charge in [-0.15, -0.1) is 0 Å². The smallest absolute Gasteiger partial charge is 0.303 e. The number of aliphatic hydroxyl groups is 1. The number of aliphatic carboxylic acids is 1. The van der Waals surface area contributed by atoms with Crippen molar-refractivity contribution in [2.45, 2.75) is 52.2 Å². The second-order valence-corrected chi connectivity index (χ2v) is 3.17. The standard InChI is InChI=1S/C7H14O2.C3H9NO/c1-2-3-4-5-6-7(8)9;1-3(5)4-2/h2-6H2,1H3,(H,8,9);3-5H,1-2H3. The molecular weight excluding hydrogens is 182 g/mol. The van der Waals surface area contributed by atoms with Gasteiger partial charge in [0.25, 0.3) is 0 Å². The van der Waals surface area contributed by atoms with Gasteiger partial charge in [-0.05, 0) is 20.4 Å². The second kappa shape index (κ2) is 12.4. The van der Waals surface area contributed by atoms with Crippen LogP contribution < -0.4 is 5.32 Å². The molecule has 0 spiro atoms. The number of hydrogen-bond donors (Lipinski definition) is 3. The van der Waals surface area contributed by atoms with E-state index < -0.39 is 5.97 Å². The summed E-state index contributed by atoms with van der Waals surface area (Å²) in [5.41, 5.74) is 0. The van der Waals surface area contributed by atoms with Crippen molar-refractivity contribution in [2.75, 3.05) is 7.05 Å². The molecule has 0 saturated heterocycles. The van der Waals surface area contributed by atoms with Crippen molar-refractivity contribution in [3.8, 4) is 0 Å². The lowest BCUT2D eigenvalue weighted by Crippen LogP contribution is -2.19. The van der Waals surface area contributed by atoms with Crippen molar-refractivity contribution in [2.24, 2.45) is 0 Å². The predicted octanol–water partition coefficient (Wildman–Crippen LogP) is 1.59. The molecular formula is C10H23NO3. The highest BCUT2D eigenvalue weighted by Gasteiger charge is 1.93. The molecule has 4 heteroatoms. The first kappa shape index (κ1) is 15.8. The third-order valence-corrected chi connectivity index (χ3v) is 1.66. The topological polar surface area (TPSA) is 69.6 Å². The van der Waals surface area contributed by atoms with E-state index in [0.717, 1.165) is 19.3 Å². The van der Waals surface area contributed by atoms with Crippen LogP contribution in [0.3, 0.4) is 0 Å². The van der Waals surface area contributed by atoms with E-state index in [9.17, 15) is 4.79 Å². The van der Waals surface area contributed by atoms with E-state index in [-0.39, 0.29) is 6.23 Å². The molecule has 1 unspecified atom stereocenters. The molecule has 86 valence electrons. The maximum absolute atomic E-state index is 9.96. The van der Waals surface area contributed by atoms with Crippen molar-refractivity contribution in [1.82, 2.24) is 5.32 Å². The lowest BCUT2D eigenvalue weighted by atomic mass is 10.2. The highest BCUT2D eigenvalue weighted by molar-refractivity contribution is 5.66. The van der Waals surface area contributed by atoms with E-state index in [1.165, 1.54) is 6.42 Å². The van der Waals surface area contributed by atoms with Crippen LogP contribution in [0, 0.1) is 0 Å². The molecule has 0 aliphatic carbocycles. The van der Waals surface area contributed by atoms with Crippen LogP contribution in [0.5, 0.6) is 0 Å². The normalized spacial score (nSPS) is 11.4. The molecule has 1 atom stereocenters. The van der Waals surface area contributed by atoms with Crippen LogP contribution in [-0.2, 0) is 4.79 Å². The van der Waals surface area contributed by atoms with E-state index in [1.54, 1.807) is 14.0 Å². The average molecular weight is 205 g/mol. The molecule has 0 fully saturated rings. The Morgan fingerprint density at radius 2 is 1.86 bits per heavy atom. The number of aliphatic hydroxyl groups excluding tert-OH is 1. The van der Waals surface area contributed by atoms with Crippen molar-refractivity contribution < 1.29 is 15.0 Å². The molecule has 3 N–H and O–H groups in total. The van der Waals surface area contributed by atoms with Gasteiger partial charge in [0.2, 0.25) is 0 Å². The minimum absolute atomic E-state index is 0.333. The Balaban J connectivity index is 0. The second-order valence-electron chi connectivity index (χ2n) is 3.17. The molecule has 0 aromatic rings. The van der Waals surface area contributed by atoms with Crippen LogP contribution in [0.2, 0.25) is 0 Å². The van der Waals surface area contributed by atoms with Crippen LogP contribution in [0.1, 0.15) is 46.0 Å². The zero-order chi connectivity index (χ0) is 11.4. The maximum atomic E-state index is 9.96. The fraction of sp³-hybridized carbons (Fsp3) is 0.900.